The summed E-state index contributed by atoms with van der Waals surface area (Å²) in [5.41, 5.74) is 0. The van der Waals surface area contributed by atoms with Gasteiger partial charge in [0.15, 0.2) is 0 Å². The molecular weight excluding hydrogens is 387 g/mol. The molecule has 22 heavy (non-hydrogen) atoms. The van der Waals surface area contributed by atoms with Crippen molar-refractivity contribution < 1.29 is 10.2 Å². The molecule has 0 spiro atoms. The van der Waals surface area contributed by atoms with Gasteiger partial charge < -0.3 is 10.2 Å². The van der Waals surface area contributed by atoms with E-state index in [0.29, 0.717) is 17.8 Å². The first-order valence-corrected chi connectivity index (χ1v) is 10.7. The van der Waals surface area contributed by atoms with E-state index in [2.05, 4.69) is 36.4 Å². The molecule has 132 valence electrons. The highest BCUT2D eigenvalue weighted by Gasteiger charge is 2.28. The normalized spacial score (nSPS) is 28.1. The molecule has 0 radical (unpaired) electrons. The molecule has 1 fully saturated rings. The topological polar surface area (TPSA) is 40.5 Å². The number of hydrogen-bond donors (Lipinski definition) is 2. The van der Waals surface area contributed by atoms with E-state index in [4.69, 9.17) is 0 Å². The predicted molar refractivity (Wildman–Crippen MR) is 103 cm³/mol. The second-order valence-corrected chi connectivity index (χ2v) is 9.22. The Bertz CT molecular complexity index is 277. The minimum Gasteiger partial charge on any atom is -0.393 e. The summed E-state index contributed by atoms with van der Waals surface area (Å²) in [6.45, 7) is 6.63. The van der Waals surface area contributed by atoms with Crippen LogP contribution in [0.3, 0.4) is 0 Å². The Morgan fingerprint density at radius 1 is 1.00 bits per heavy atom. The van der Waals surface area contributed by atoms with Gasteiger partial charge in [-0.05, 0) is 62.7 Å². The molecule has 2 N–H and O–H groups in total. The lowest BCUT2D eigenvalue weighted by Gasteiger charge is -2.33. The molecular formula is C19H37IO2. The quantitative estimate of drug-likeness (QED) is 0.367. The molecule has 3 heteroatoms. The molecule has 1 saturated carbocycles. The fourth-order valence-corrected chi connectivity index (χ4v) is 4.47. The fraction of sp³-hybridized carbons (Fsp3) is 1.00. The zero-order chi connectivity index (χ0) is 16.5. The van der Waals surface area contributed by atoms with Crippen molar-refractivity contribution in [3.05, 3.63) is 0 Å². The largest absolute Gasteiger partial charge is 0.393 e. The van der Waals surface area contributed by atoms with E-state index in [1.165, 1.54) is 32.1 Å². The first-order chi connectivity index (χ1) is 10.5. The van der Waals surface area contributed by atoms with Crippen LogP contribution < -0.4 is 0 Å². The molecule has 0 aromatic heterocycles. The molecule has 1 aliphatic carbocycles. The molecule has 2 nitrogen and oxygen atoms in total. The summed E-state index contributed by atoms with van der Waals surface area (Å²) in [7, 11) is 0. The lowest BCUT2D eigenvalue weighted by atomic mass is 9.77. The number of hydrogen-bond acceptors (Lipinski definition) is 2. The standard InChI is InChI=1S/C19H37IO2/c1-4-14(3)16(7-6-8-18(21)5-2)13-19(22)15-9-11-17(20)12-10-15/h14-19,21-22H,4-13H2,1-3H3/t14?,15-,16-,17+,18?,19?/m0/s1. The molecule has 3 unspecified atom stereocenters. The van der Waals surface area contributed by atoms with Crippen LogP contribution in [0.5, 0.6) is 0 Å². The summed E-state index contributed by atoms with van der Waals surface area (Å²) in [5.74, 6) is 1.81. The maximum Gasteiger partial charge on any atom is 0.0571 e. The molecule has 0 aromatic rings. The van der Waals surface area contributed by atoms with Crippen LogP contribution in [0.2, 0.25) is 0 Å². The second-order valence-electron chi connectivity index (χ2n) is 7.45. The Kier molecular flexibility index (Phi) is 10.6. The highest BCUT2D eigenvalue weighted by molar-refractivity contribution is 14.1. The summed E-state index contributed by atoms with van der Waals surface area (Å²) in [6, 6.07) is 0. The van der Waals surface area contributed by atoms with Crippen LogP contribution in [0.4, 0.5) is 0 Å². The molecule has 0 saturated heterocycles. The molecule has 4 atom stereocenters. The van der Waals surface area contributed by atoms with Crippen molar-refractivity contribution in [1.82, 2.24) is 0 Å². The summed E-state index contributed by atoms with van der Waals surface area (Å²) < 4.78 is 0.821. The van der Waals surface area contributed by atoms with E-state index < -0.39 is 0 Å². The van der Waals surface area contributed by atoms with E-state index in [1.54, 1.807) is 0 Å². The van der Waals surface area contributed by atoms with Crippen LogP contribution in [0.25, 0.3) is 0 Å². The monoisotopic (exact) mass is 424 g/mol. The average molecular weight is 424 g/mol. The van der Waals surface area contributed by atoms with Gasteiger partial charge in [-0.25, -0.2) is 0 Å². The Morgan fingerprint density at radius 2 is 1.64 bits per heavy atom. The zero-order valence-electron chi connectivity index (χ0n) is 14.8. The van der Waals surface area contributed by atoms with Crippen molar-refractivity contribution in [1.29, 1.82) is 0 Å². The van der Waals surface area contributed by atoms with Crippen LogP contribution in [0.1, 0.15) is 85.0 Å². The maximum atomic E-state index is 10.7. The number of halogens is 1. The smallest absolute Gasteiger partial charge is 0.0571 e. The third-order valence-corrected chi connectivity index (χ3v) is 7.07. The molecule has 1 aliphatic rings. The Labute approximate surface area is 151 Å². The van der Waals surface area contributed by atoms with Gasteiger partial charge in [0.2, 0.25) is 0 Å². The third-order valence-electron chi connectivity index (χ3n) is 5.82. The summed E-state index contributed by atoms with van der Waals surface area (Å²) in [6.07, 6.45) is 10.9. The van der Waals surface area contributed by atoms with Crippen LogP contribution in [-0.2, 0) is 0 Å². The van der Waals surface area contributed by atoms with E-state index in [9.17, 15) is 10.2 Å². The average Bonchev–Trinajstić information content (AvgIpc) is 2.53. The summed E-state index contributed by atoms with van der Waals surface area (Å²) in [4.78, 5) is 0. The Morgan fingerprint density at radius 3 is 2.18 bits per heavy atom. The van der Waals surface area contributed by atoms with Gasteiger partial charge in [-0.1, -0.05) is 62.6 Å². The zero-order valence-corrected chi connectivity index (χ0v) is 17.0. The van der Waals surface area contributed by atoms with E-state index in [-0.39, 0.29) is 12.2 Å². The van der Waals surface area contributed by atoms with E-state index >= 15 is 0 Å². The van der Waals surface area contributed by atoms with Gasteiger partial charge in [-0.2, -0.15) is 0 Å². The maximum absolute atomic E-state index is 10.7. The Balaban J connectivity index is 2.42. The van der Waals surface area contributed by atoms with Crippen LogP contribution >= 0.6 is 22.6 Å². The lowest BCUT2D eigenvalue weighted by Crippen LogP contribution is -2.29. The van der Waals surface area contributed by atoms with Crippen molar-refractivity contribution in [3.63, 3.8) is 0 Å². The van der Waals surface area contributed by atoms with Crippen LogP contribution in [0, 0.1) is 17.8 Å². The van der Waals surface area contributed by atoms with Crippen molar-refractivity contribution in [2.75, 3.05) is 0 Å². The molecule has 0 aromatic carbocycles. The highest BCUT2D eigenvalue weighted by atomic mass is 127. The van der Waals surface area contributed by atoms with Crippen LogP contribution in [0.15, 0.2) is 0 Å². The van der Waals surface area contributed by atoms with Crippen LogP contribution in [-0.4, -0.2) is 26.3 Å². The minimum atomic E-state index is -0.138. The first kappa shape index (κ1) is 20.7. The molecule has 0 aliphatic heterocycles. The number of rotatable bonds is 10. The molecule has 0 amide bonds. The van der Waals surface area contributed by atoms with Gasteiger partial charge >= 0.3 is 0 Å². The second kappa shape index (κ2) is 11.2. The van der Waals surface area contributed by atoms with Gasteiger partial charge in [0.1, 0.15) is 0 Å². The summed E-state index contributed by atoms with van der Waals surface area (Å²) in [5, 5.41) is 20.4. The van der Waals surface area contributed by atoms with E-state index in [1.807, 2.05) is 6.92 Å². The SMILES string of the molecule is CCC(O)CCC[C@@H](CC(O)[C@H]1CC[C@@H](I)CC1)C(C)CC. The Hall–Kier alpha value is 0.650. The summed E-state index contributed by atoms with van der Waals surface area (Å²) >= 11 is 2.55. The first-order valence-electron chi connectivity index (χ1n) is 9.48. The lowest BCUT2D eigenvalue weighted by molar-refractivity contribution is 0.0511. The van der Waals surface area contributed by atoms with Gasteiger partial charge in [0.05, 0.1) is 12.2 Å². The molecule has 0 heterocycles. The number of aliphatic hydroxyl groups is 2. The van der Waals surface area contributed by atoms with Gasteiger partial charge in [0.25, 0.3) is 0 Å². The van der Waals surface area contributed by atoms with Crippen molar-refractivity contribution in [3.8, 4) is 0 Å². The van der Waals surface area contributed by atoms with Crippen molar-refractivity contribution in [2.24, 2.45) is 17.8 Å². The molecule has 1 rings (SSSR count). The highest BCUT2D eigenvalue weighted by Crippen LogP contribution is 2.35. The number of aliphatic hydroxyl groups excluding tert-OH is 2. The fourth-order valence-electron chi connectivity index (χ4n) is 3.75. The van der Waals surface area contributed by atoms with Crippen molar-refractivity contribution >= 4 is 22.6 Å². The van der Waals surface area contributed by atoms with Gasteiger partial charge in [0, 0.05) is 3.92 Å². The van der Waals surface area contributed by atoms with Gasteiger partial charge in [-0.3, -0.25) is 0 Å². The number of alkyl halides is 1. The van der Waals surface area contributed by atoms with Crippen molar-refractivity contribution in [2.45, 2.75) is 101 Å². The van der Waals surface area contributed by atoms with E-state index in [0.717, 1.165) is 36.0 Å². The minimum absolute atomic E-state index is 0.112. The predicted octanol–water partition coefficient (Wildman–Crippen LogP) is 5.33. The third kappa shape index (κ3) is 7.48. The van der Waals surface area contributed by atoms with Gasteiger partial charge in [-0.15, -0.1) is 0 Å². The molecule has 0 bridgehead atoms.